The molecule has 8 nitrogen and oxygen atoms in total. The zero-order valence-electron chi connectivity index (χ0n) is 19.5. The Balaban J connectivity index is 1.57. The van der Waals surface area contributed by atoms with Crippen molar-refractivity contribution in [3.8, 4) is 22.9 Å². The standard InChI is InChI=1S/C25H26N4O4S/c1-14(2)12-29-15(3)21(22(26-25(29)30)16-5-8-18(34-4)9-6-16)24-27-23(28-33-24)17-7-10-19-20(11-17)32-13-31-19/h5-11,14,22H,12-13H2,1-4H3,(H,26,30). The highest BCUT2D eigenvalue weighted by atomic mass is 32.2. The van der Waals surface area contributed by atoms with Crippen LogP contribution in [0.25, 0.3) is 17.0 Å². The third kappa shape index (κ3) is 4.11. The molecule has 9 heteroatoms. The molecule has 0 saturated heterocycles. The van der Waals surface area contributed by atoms with Gasteiger partial charge in [-0.15, -0.1) is 11.8 Å². The molecule has 0 spiro atoms. The van der Waals surface area contributed by atoms with Gasteiger partial charge in [0.1, 0.15) is 0 Å². The summed E-state index contributed by atoms with van der Waals surface area (Å²) < 4.78 is 16.6. The number of hydrogen-bond acceptors (Lipinski definition) is 7. The van der Waals surface area contributed by atoms with Gasteiger partial charge in [-0.2, -0.15) is 4.98 Å². The molecule has 2 aromatic carbocycles. The molecule has 2 aliphatic heterocycles. The number of hydrogen-bond donors (Lipinski definition) is 1. The summed E-state index contributed by atoms with van der Waals surface area (Å²) >= 11 is 1.67. The van der Waals surface area contributed by atoms with E-state index in [2.05, 4.69) is 24.3 Å². The number of rotatable bonds is 6. The summed E-state index contributed by atoms with van der Waals surface area (Å²) in [5, 5.41) is 7.38. The second-order valence-corrected chi connectivity index (χ2v) is 9.53. The molecule has 0 radical (unpaired) electrons. The first-order valence-corrected chi connectivity index (χ1v) is 12.3. The average Bonchev–Trinajstić information content (AvgIpc) is 3.50. The van der Waals surface area contributed by atoms with Crippen LogP contribution in [0.3, 0.4) is 0 Å². The van der Waals surface area contributed by atoms with Gasteiger partial charge < -0.3 is 19.3 Å². The smallest absolute Gasteiger partial charge is 0.322 e. The van der Waals surface area contributed by atoms with Crippen LogP contribution in [0.5, 0.6) is 11.5 Å². The monoisotopic (exact) mass is 478 g/mol. The van der Waals surface area contributed by atoms with Crippen LogP contribution < -0.4 is 14.8 Å². The summed E-state index contributed by atoms with van der Waals surface area (Å²) in [6, 6.07) is 13.1. The molecule has 2 amide bonds. The predicted octanol–water partition coefficient (Wildman–Crippen LogP) is 5.34. The van der Waals surface area contributed by atoms with Gasteiger partial charge in [-0.25, -0.2) is 4.79 Å². The molecular weight excluding hydrogens is 452 g/mol. The molecule has 0 bridgehead atoms. The van der Waals surface area contributed by atoms with E-state index >= 15 is 0 Å². The fourth-order valence-corrected chi connectivity index (χ4v) is 4.58. The molecule has 0 saturated carbocycles. The largest absolute Gasteiger partial charge is 0.454 e. The summed E-state index contributed by atoms with van der Waals surface area (Å²) in [7, 11) is 0. The number of ether oxygens (including phenoxy) is 2. The van der Waals surface area contributed by atoms with Gasteiger partial charge in [-0.3, -0.25) is 4.90 Å². The van der Waals surface area contributed by atoms with Gasteiger partial charge in [0.2, 0.25) is 12.6 Å². The summed E-state index contributed by atoms with van der Waals surface area (Å²) in [6.07, 6.45) is 2.03. The van der Waals surface area contributed by atoms with Gasteiger partial charge >= 0.3 is 6.03 Å². The maximum Gasteiger partial charge on any atom is 0.322 e. The first-order valence-electron chi connectivity index (χ1n) is 11.1. The molecule has 5 rings (SSSR count). The van der Waals surface area contributed by atoms with Crippen molar-refractivity contribution in [3.05, 3.63) is 59.6 Å². The quantitative estimate of drug-likeness (QED) is 0.478. The number of urea groups is 1. The second-order valence-electron chi connectivity index (χ2n) is 8.65. The van der Waals surface area contributed by atoms with Crippen molar-refractivity contribution < 1.29 is 18.8 Å². The average molecular weight is 479 g/mol. The molecule has 1 unspecified atom stereocenters. The number of carbonyl (C=O) groups excluding carboxylic acids is 1. The van der Waals surface area contributed by atoms with Gasteiger partial charge in [-0.05, 0) is 55.0 Å². The first-order chi connectivity index (χ1) is 16.4. The van der Waals surface area contributed by atoms with Crippen LogP contribution in [0.15, 0.2) is 57.6 Å². The number of benzene rings is 2. The summed E-state index contributed by atoms with van der Waals surface area (Å²) in [4.78, 5) is 20.7. The Kier molecular flexibility index (Phi) is 5.95. The number of fused-ring (bicyclic) bond motifs is 1. The third-order valence-electron chi connectivity index (χ3n) is 5.88. The maximum atomic E-state index is 13.0. The highest BCUT2D eigenvalue weighted by molar-refractivity contribution is 7.98. The minimum atomic E-state index is -0.406. The van der Waals surface area contributed by atoms with Gasteiger partial charge in [-0.1, -0.05) is 31.1 Å². The summed E-state index contributed by atoms with van der Waals surface area (Å²) in [6.45, 7) is 6.88. The van der Waals surface area contributed by atoms with Gasteiger partial charge in [0.15, 0.2) is 11.5 Å². The highest BCUT2D eigenvalue weighted by Crippen LogP contribution is 2.39. The number of aromatic nitrogens is 2. The molecule has 2 aliphatic rings. The molecule has 1 atom stereocenters. The lowest BCUT2D eigenvalue weighted by Crippen LogP contribution is -2.47. The van der Waals surface area contributed by atoms with Crippen LogP contribution in [0, 0.1) is 5.92 Å². The zero-order valence-corrected chi connectivity index (χ0v) is 20.3. The summed E-state index contributed by atoms with van der Waals surface area (Å²) in [5.41, 5.74) is 3.30. The van der Waals surface area contributed by atoms with E-state index in [1.165, 1.54) is 0 Å². The maximum absolute atomic E-state index is 13.0. The van der Waals surface area contributed by atoms with Crippen molar-refractivity contribution in [2.75, 3.05) is 19.6 Å². The van der Waals surface area contributed by atoms with E-state index in [0.717, 1.165) is 27.3 Å². The van der Waals surface area contributed by atoms with Crippen molar-refractivity contribution in [1.29, 1.82) is 0 Å². The lowest BCUT2D eigenvalue weighted by atomic mass is 9.94. The minimum Gasteiger partial charge on any atom is -0.454 e. The van der Waals surface area contributed by atoms with Crippen molar-refractivity contribution in [3.63, 3.8) is 0 Å². The number of carbonyl (C=O) groups is 1. The van der Waals surface area contributed by atoms with Crippen LogP contribution >= 0.6 is 11.8 Å². The highest BCUT2D eigenvalue weighted by Gasteiger charge is 2.36. The topological polar surface area (TPSA) is 89.7 Å². The number of nitrogens with one attached hydrogen (secondary N) is 1. The lowest BCUT2D eigenvalue weighted by molar-refractivity contribution is 0.174. The van der Waals surface area contributed by atoms with Gasteiger partial charge in [0, 0.05) is 22.7 Å². The van der Waals surface area contributed by atoms with Gasteiger partial charge in [0.25, 0.3) is 5.89 Å². The van der Waals surface area contributed by atoms with Crippen molar-refractivity contribution in [2.45, 2.75) is 31.7 Å². The van der Waals surface area contributed by atoms with Crippen molar-refractivity contribution in [2.24, 2.45) is 5.92 Å². The molecule has 3 aromatic rings. The Morgan fingerprint density at radius 3 is 2.65 bits per heavy atom. The Labute approximate surface area is 202 Å². The van der Waals surface area contributed by atoms with E-state index < -0.39 is 6.04 Å². The van der Waals surface area contributed by atoms with Crippen LogP contribution in [0.1, 0.15) is 38.3 Å². The number of thioether (sulfide) groups is 1. The molecule has 34 heavy (non-hydrogen) atoms. The predicted molar refractivity (Wildman–Crippen MR) is 129 cm³/mol. The van der Waals surface area contributed by atoms with Crippen LogP contribution in [-0.4, -0.2) is 40.7 Å². The lowest BCUT2D eigenvalue weighted by Gasteiger charge is -2.36. The molecular formula is C25H26N4O4S. The number of amides is 2. The molecule has 0 aliphatic carbocycles. The first kappa shape index (κ1) is 22.3. The van der Waals surface area contributed by atoms with E-state index in [-0.39, 0.29) is 12.8 Å². The fraction of sp³-hybridized carbons (Fsp3) is 0.320. The third-order valence-corrected chi connectivity index (χ3v) is 6.62. The molecule has 176 valence electrons. The number of nitrogens with zero attached hydrogens (tertiary/aromatic N) is 3. The zero-order chi connectivity index (χ0) is 23.8. The Morgan fingerprint density at radius 1 is 1.15 bits per heavy atom. The number of allylic oxidation sites excluding steroid dienone is 1. The summed E-state index contributed by atoms with van der Waals surface area (Å²) in [5.74, 6) is 2.46. The molecule has 1 aromatic heterocycles. The van der Waals surface area contributed by atoms with Crippen molar-refractivity contribution in [1.82, 2.24) is 20.4 Å². The SMILES string of the molecule is CSc1ccc(C2NC(=O)N(CC(C)C)C(C)=C2c2nc(-c3ccc4c(c3)OCO4)no2)cc1. The molecule has 0 fully saturated rings. The van der Waals surface area contributed by atoms with E-state index in [1.807, 2.05) is 55.6 Å². The second kappa shape index (κ2) is 9.06. The normalized spacial score (nSPS) is 17.5. The Morgan fingerprint density at radius 2 is 1.91 bits per heavy atom. The van der Waals surface area contributed by atoms with E-state index in [0.29, 0.717) is 35.7 Å². The van der Waals surface area contributed by atoms with Gasteiger partial charge in [0.05, 0.1) is 11.6 Å². The van der Waals surface area contributed by atoms with Crippen LogP contribution in [-0.2, 0) is 0 Å². The molecule has 1 N–H and O–H groups in total. The van der Waals surface area contributed by atoms with E-state index in [9.17, 15) is 4.79 Å². The van der Waals surface area contributed by atoms with Crippen LogP contribution in [0.4, 0.5) is 4.79 Å². The fourth-order valence-electron chi connectivity index (χ4n) is 4.18. The minimum absolute atomic E-state index is 0.135. The Bertz CT molecular complexity index is 1250. The molecule has 3 heterocycles. The van der Waals surface area contributed by atoms with E-state index in [4.69, 9.17) is 19.0 Å². The van der Waals surface area contributed by atoms with Crippen LogP contribution in [0.2, 0.25) is 0 Å². The van der Waals surface area contributed by atoms with Crippen molar-refractivity contribution >= 4 is 23.4 Å². The van der Waals surface area contributed by atoms with E-state index in [1.54, 1.807) is 16.7 Å². The Hall–Kier alpha value is -3.46.